The van der Waals surface area contributed by atoms with Gasteiger partial charge in [-0.15, -0.1) is 0 Å². The second-order valence-electron chi connectivity index (χ2n) is 7.40. The average Bonchev–Trinajstić information content (AvgIpc) is 2.77. The van der Waals surface area contributed by atoms with Crippen LogP contribution in [0.2, 0.25) is 0 Å². The maximum Gasteiger partial charge on any atom is 0.223 e. The summed E-state index contributed by atoms with van der Waals surface area (Å²) in [4.78, 5) is 28.7. The summed E-state index contributed by atoms with van der Waals surface area (Å²) in [6, 6.07) is 10.2. The van der Waals surface area contributed by atoms with Crippen molar-refractivity contribution in [2.45, 2.75) is 18.4 Å². The smallest absolute Gasteiger partial charge is 0.223 e. The summed E-state index contributed by atoms with van der Waals surface area (Å²) in [5.41, 5.74) is 0.540. The maximum absolute atomic E-state index is 12.4. The summed E-state index contributed by atoms with van der Waals surface area (Å²) >= 11 is 0. The molecule has 0 aliphatic carbocycles. The second kappa shape index (κ2) is 9.86. The fraction of sp³-hybridized carbons (Fsp3) is 0.600. The molecule has 0 bridgehead atoms. The van der Waals surface area contributed by atoms with E-state index < -0.39 is 5.54 Å². The Morgan fingerprint density at radius 3 is 2.54 bits per heavy atom. The normalized spacial score (nSPS) is 22.8. The number of aliphatic hydroxyl groups is 1. The molecular formula is C20H30N4O4. The van der Waals surface area contributed by atoms with Crippen LogP contribution in [0.5, 0.6) is 0 Å². The summed E-state index contributed by atoms with van der Waals surface area (Å²) in [6.45, 7) is 4.71. The van der Waals surface area contributed by atoms with Crippen molar-refractivity contribution in [1.82, 2.24) is 15.5 Å². The number of carbonyl (C=O) groups excluding carboxylic acids is 2. The number of nitrogens with one attached hydrogen (secondary N) is 2. The molecule has 0 spiro atoms. The van der Waals surface area contributed by atoms with Crippen LogP contribution in [0.1, 0.15) is 12.8 Å². The first-order chi connectivity index (χ1) is 13.6. The van der Waals surface area contributed by atoms with Gasteiger partial charge < -0.3 is 30.3 Å². The van der Waals surface area contributed by atoms with Crippen molar-refractivity contribution in [3.63, 3.8) is 0 Å². The molecule has 2 saturated heterocycles. The molecule has 28 heavy (non-hydrogen) atoms. The molecule has 3 rings (SSSR count). The number of ether oxygens (including phenoxy) is 1. The molecule has 0 saturated carbocycles. The van der Waals surface area contributed by atoms with E-state index in [9.17, 15) is 14.7 Å². The van der Waals surface area contributed by atoms with Crippen molar-refractivity contribution in [3.8, 4) is 0 Å². The predicted molar refractivity (Wildman–Crippen MR) is 106 cm³/mol. The minimum Gasteiger partial charge on any atom is -0.394 e. The van der Waals surface area contributed by atoms with Crippen LogP contribution in [0.25, 0.3) is 0 Å². The Balaban J connectivity index is 1.36. The number of amides is 2. The second-order valence-corrected chi connectivity index (χ2v) is 7.40. The number of anilines is 1. The summed E-state index contributed by atoms with van der Waals surface area (Å²) in [5, 5.41) is 15.6. The maximum atomic E-state index is 12.4. The fourth-order valence-corrected chi connectivity index (χ4v) is 3.57. The zero-order valence-electron chi connectivity index (χ0n) is 16.2. The van der Waals surface area contributed by atoms with Crippen LogP contribution in [-0.2, 0) is 14.3 Å². The zero-order chi connectivity index (χ0) is 19.8. The Morgan fingerprint density at radius 2 is 1.89 bits per heavy atom. The summed E-state index contributed by atoms with van der Waals surface area (Å²) in [7, 11) is 0. The molecular weight excluding hydrogens is 360 g/mol. The fourth-order valence-electron chi connectivity index (χ4n) is 3.57. The molecule has 2 fully saturated rings. The third-order valence-corrected chi connectivity index (χ3v) is 5.37. The van der Waals surface area contributed by atoms with Crippen LogP contribution >= 0.6 is 0 Å². The molecule has 2 aliphatic heterocycles. The SMILES string of the molecule is O=C(CCC(=O)N1CCN(c2ccccc2)CC1)NCC1(CO)COCCN1. The Kier molecular flexibility index (Phi) is 7.24. The average molecular weight is 390 g/mol. The third-order valence-electron chi connectivity index (χ3n) is 5.37. The molecule has 8 heteroatoms. The van der Waals surface area contributed by atoms with Crippen molar-refractivity contribution in [2.75, 3.05) is 64.0 Å². The van der Waals surface area contributed by atoms with Crippen LogP contribution in [0, 0.1) is 0 Å². The lowest BCUT2D eigenvalue weighted by molar-refractivity contribution is -0.134. The van der Waals surface area contributed by atoms with Gasteiger partial charge in [-0.3, -0.25) is 9.59 Å². The number of benzene rings is 1. The number of hydrogen-bond acceptors (Lipinski definition) is 6. The first-order valence-corrected chi connectivity index (χ1v) is 9.90. The molecule has 2 amide bonds. The summed E-state index contributed by atoms with van der Waals surface area (Å²) in [6.07, 6.45) is 0.354. The van der Waals surface area contributed by atoms with Gasteiger partial charge in [0.15, 0.2) is 0 Å². The first kappa shape index (κ1) is 20.6. The Bertz CT molecular complexity index is 641. The number of rotatable bonds is 7. The highest BCUT2D eigenvalue weighted by Gasteiger charge is 2.32. The number of para-hydroxylation sites is 1. The third kappa shape index (κ3) is 5.43. The minimum absolute atomic E-state index is 0.0128. The van der Waals surface area contributed by atoms with Gasteiger partial charge in [0.1, 0.15) is 0 Å². The number of hydrogen-bond donors (Lipinski definition) is 3. The summed E-state index contributed by atoms with van der Waals surface area (Å²) < 4.78 is 5.39. The van der Waals surface area contributed by atoms with Crippen LogP contribution in [0.15, 0.2) is 30.3 Å². The van der Waals surface area contributed by atoms with E-state index in [1.165, 1.54) is 5.69 Å². The van der Waals surface area contributed by atoms with Crippen molar-refractivity contribution in [1.29, 1.82) is 0 Å². The van der Waals surface area contributed by atoms with Crippen LogP contribution in [-0.4, -0.2) is 86.4 Å². The molecule has 1 aromatic rings. The van der Waals surface area contributed by atoms with Crippen LogP contribution < -0.4 is 15.5 Å². The minimum atomic E-state index is -0.633. The molecule has 1 aromatic carbocycles. The molecule has 8 nitrogen and oxygen atoms in total. The van der Waals surface area contributed by atoms with E-state index in [1.54, 1.807) is 0 Å². The molecule has 0 aromatic heterocycles. The van der Waals surface area contributed by atoms with E-state index >= 15 is 0 Å². The number of carbonyl (C=O) groups is 2. The number of nitrogens with zero attached hydrogens (tertiary/aromatic N) is 2. The standard InChI is InChI=1S/C20H30N4O4/c25-15-20(16-28-13-8-22-20)14-21-18(26)6-7-19(27)24-11-9-23(10-12-24)17-4-2-1-3-5-17/h1-5,22,25H,6-16H2,(H,21,26). The van der Waals surface area contributed by atoms with Gasteiger partial charge in [-0.05, 0) is 12.1 Å². The molecule has 1 atom stereocenters. The number of piperazine rings is 1. The highest BCUT2D eigenvalue weighted by atomic mass is 16.5. The van der Waals surface area contributed by atoms with Gasteiger partial charge in [0, 0.05) is 57.8 Å². The predicted octanol–water partition coefficient (Wildman–Crippen LogP) is -0.417. The van der Waals surface area contributed by atoms with E-state index in [-0.39, 0.29) is 37.8 Å². The van der Waals surface area contributed by atoms with Gasteiger partial charge in [-0.1, -0.05) is 18.2 Å². The van der Waals surface area contributed by atoms with E-state index in [0.29, 0.717) is 32.8 Å². The molecule has 0 radical (unpaired) electrons. The lowest BCUT2D eigenvalue weighted by atomic mass is 10.0. The van der Waals surface area contributed by atoms with Gasteiger partial charge in [-0.2, -0.15) is 0 Å². The zero-order valence-corrected chi connectivity index (χ0v) is 16.2. The largest absolute Gasteiger partial charge is 0.394 e. The van der Waals surface area contributed by atoms with Crippen molar-refractivity contribution in [3.05, 3.63) is 30.3 Å². The molecule has 154 valence electrons. The quantitative estimate of drug-likeness (QED) is 0.586. The van der Waals surface area contributed by atoms with E-state index in [1.807, 2.05) is 23.1 Å². The lowest BCUT2D eigenvalue weighted by Crippen LogP contribution is -2.62. The number of aliphatic hydroxyl groups excluding tert-OH is 1. The highest BCUT2D eigenvalue weighted by molar-refractivity contribution is 5.84. The summed E-state index contributed by atoms with van der Waals surface area (Å²) in [5.74, 6) is -0.171. The molecule has 1 unspecified atom stereocenters. The van der Waals surface area contributed by atoms with Gasteiger partial charge in [-0.25, -0.2) is 0 Å². The van der Waals surface area contributed by atoms with Crippen LogP contribution in [0.3, 0.4) is 0 Å². The van der Waals surface area contributed by atoms with Gasteiger partial charge in [0.05, 0.1) is 25.4 Å². The monoisotopic (exact) mass is 390 g/mol. The highest BCUT2D eigenvalue weighted by Crippen LogP contribution is 2.16. The first-order valence-electron chi connectivity index (χ1n) is 9.90. The lowest BCUT2D eigenvalue weighted by Gasteiger charge is -2.37. The van der Waals surface area contributed by atoms with E-state index in [2.05, 4.69) is 27.7 Å². The van der Waals surface area contributed by atoms with Crippen molar-refractivity contribution < 1.29 is 19.4 Å². The van der Waals surface area contributed by atoms with Gasteiger partial charge in [0.25, 0.3) is 0 Å². The topological polar surface area (TPSA) is 94.1 Å². The Labute approximate surface area is 165 Å². The molecule has 2 aliphatic rings. The van der Waals surface area contributed by atoms with Gasteiger partial charge in [0.2, 0.25) is 11.8 Å². The Morgan fingerprint density at radius 1 is 1.14 bits per heavy atom. The molecule has 2 heterocycles. The number of morpholine rings is 1. The van der Waals surface area contributed by atoms with E-state index in [4.69, 9.17) is 4.74 Å². The van der Waals surface area contributed by atoms with Crippen LogP contribution in [0.4, 0.5) is 5.69 Å². The van der Waals surface area contributed by atoms with Crippen molar-refractivity contribution >= 4 is 17.5 Å². The molecule has 3 N–H and O–H groups in total. The Hall–Kier alpha value is -2.16. The van der Waals surface area contributed by atoms with E-state index in [0.717, 1.165) is 13.1 Å². The van der Waals surface area contributed by atoms with Gasteiger partial charge >= 0.3 is 0 Å². The van der Waals surface area contributed by atoms with Crippen molar-refractivity contribution in [2.24, 2.45) is 0 Å².